The molecule has 37 heavy (non-hydrogen) atoms. The number of hydrogen-bond acceptors (Lipinski definition) is 6. The van der Waals surface area contributed by atoms with Gasteiger partial charge in [0, 0.05) is 41.3 Å². The van der Waals surface area contributed by atoms with Gasteiger partial charge in [0.15, 0.2) is 23.1 Å². The van der Waals surface area contributed by atoms with Gasteiger partial charge in [-0.25, -0.2) is 0 Å². The highest BCUT2D eigenvalue weighted by atomic mass is 79.9. The van der Waals surface area contributed by atoms with Gasteiger partial charge in [0.1, 0.15) is 6.54 Å². The Hall–Kier alpha value is -2.61. The van der Waals surface area contributed by atoms with E-state index in [1.807, 2.05) is 46.8 Å². The molecule has 0 radical (unpaired) electrons. The van der Waals surface area contributed by atoms with Crippen LogP contribution in [0.5, 0.6) is 11.5 Å². The first-order chi connectivity index (χ1) is 17.3. The molecule has 3 aliphatic rings. The monoisotopic (exact) mass is 573 g/mol. The number of aliphatic carboxylic acids is 1. The van der Waals surface area contributed by atoms with Gasteiger partial charge in [0.2, 0.25) is 0 Å². The zero-order chi connectivity index (χ0) is 27.3. The molecule has 1 aliphatic heterocycles. The van der Waals surface area contributed by atoms with E-state index in [-0.39, 0.29) is 28.9 Å². The number of carboxylic acids is 1. The Labute approximate surface area is 227 Å². The van der Waals surface area contributed by atoms with E-state index in [4.69, 9.17) is 9.47 Å². The fourth-order valence-electron chi connectivity index (χ4n) is 5.96. The van der Waals surface area contributed by atoms with E-state index >= 15 is 0 Å². The summed E-state index contributed by atoms with van der Waals surface area (Å²) in [6.45, 7) is 10.4. The van der Waals surface area contributed by atoms with Crippen LogP contribution >= 0.6 is 15.9 Å². The average molecular weight is 575 g/mol. The van der Waals surface area contributed by atoms with Crippen molar-refractivity contribution in [2.24, 2.45) is 10.8 Å². The minimum absolute atomic E-state index is 0.0442. The van der Waals surface area contributed by atoms with Gasteiger partial charge in [-0.1, -0.05) is 34.6 Å². The van der Waals surface area contributed by atoms with E-state index in [1.54, 1.807) is 12.0 Å². The Balaban J connectivity index is 2.00. The van der Waals surface area contributed by atoms with E-state index in [0.717, 1.165) is 23.4 Å². The number of ketones is 2. The Morgan fingerprint density at radius 1 is 1.03 bits per heavy atom. The van der Waals surface area contributed by atoms with Crippen LogP contribution in [0.3, 0.4) is 0 Å². The number of allylic oxidation sites excluding steroid dienone is 4. The zero-order valence-corrected chi connectivity index (χ0v) is 24.1. The van der Waals surface area contributed by atoms with E-state index in [2.05, 4.69) is 15.9 Å². The molecule has 8 heteroatoms. The normalized spacial score (nSPS) is 21.1. The van der Waals surface area contributed by atoms with Crippen LogP contribution < -0.4 is 9.47 Å². The molecule has 0 saturated heterocycles. The topological polar surface area (TPSA) is 93.1 Å². The van der Waals surface area contributed by atoms with Gasteiger partial charge in [-0.15, -0.1) is 0 Å². The number of Topliss-reactive ketones (excluding diaryl/α,β-unsaturated/α-hetero) is 2. The number of carbonyl (C=O) groups excluding carboxylic acids is 2. The molecule has 0 amide bonds. The SMILES string of the molecule is CCCOc1c(Br)cc(C2C3=C(CC(C)(C)CC3=O)N(CC(=O)O)C3=C2C(=O)CC(C)(C)C3)cc1OC. The largest absolute Gasteiger partial charge is 0.493 e. The molecule has 0 spiro atoms. The van der Waals surface area contributed by atoms with E-state index in [0.29, 0.717) is 59.4 Å². The molecule has 1 aromatic carbocycles. The van der Waals surface area contributed by atoms with Crippen LogP contribution in [0.1, 0.15) is 78.2 Å². The Kier molecular flexibility index (Phi) is 7.36. The van der Waals surface area contributed by atoms with Gasteiger partial charge in [-0.05, 0) is 63.7 Å². The molecule has 1 heterocycles. The first-order valence-electron chi connectivity index (χ1n) is 12.8. The minimum atomic E-state index is -0.995. The predicted molar refractivity (Wildman–Crippen MR) is 144 cm³/mol. The minimum Gasteiger partial charge on any atom is -0.493 e. The lowest BCUT2D eigenvalue weighted by molar-refractivity contribution is -0.138. The van der Waals surface area contributed by atoms with Crippen molar-refractivity contribution in [2.45, 2.75) is 72.6 Å². The Bertz CT molecular complexity index is 1170. The number of carbonyl (C=O) groups is 3. The summed E-state index contributed by atoms with van der Waals surface area (Å²) in [4.78, 5) is 41.3. The molecule has 0 atom stereocenters. The Morgan fingerprint density at radius 3 is 2.03 bits per heavy atom. The lowest BCUT2D eigenvalue weighted by Crippen LogP contribution is -2.45. The van der Waals surface area contributed by atoms with Crippen molar-refractivity contribution in [3.63, 3.8) is 0 Å². The third kappa shape index (κ3) is 5.22. The summed E-state index contributed by atoms with van der Waals surface area (Å²) in [6.07, 6.45) is 2.61. The number of rotatable bonds is 7. The van der Waals surface area contributed by atoms with Gasteiger partial charge in [0.05, 0.1) is 18.2 Å². The molecule has 1 N–H and O–H groups in total. The summed E-state index contributed by atoms with van der Waals surface area (Å²) in [6, 6.07) is 3.75. The molecule has 0 fully saturated rings. The van der Waals surface area contributed by atoms with Gasteiger partial charge in [-0.3, -0.25) is 14.4 Å². The number of ether oxygens (including phenoxy) is 2. The van der Waals surface area contributed by atoms with Gasteiger partial charge >= 0.3 is 5.97 Å². The molecular weight excluding hydrogens is 538 g/mol. The van der Waals surface area contributed by atoms with Crippen LogP contribution in [0.25, 0.3) is 0 Å². The molecule has 4 rings (SSSR count). The molecule has 2 aliphatic carbocycles. The maximum absolute atomic E-state index is 13.8. The van der Waals surface area contributed by atoms with E-state index < -0.39 is 11.9 Å². The molecule has 0 aromatic heterocycles. The highest BCUT2D eigenvalue weighted by molar-refractivity contribution is 9.10. The van der Waals surface area contributed by atoms with Crippen molar-refractivity contribution < 1.29 is 29.0 Å². The lowest BCUT2D eigenvalue weighted by atomic mass is 9.63. The fraction of sp³-hybridized carbons (Fsp3) is 0.552. The molecule has 7 nitrogen and oxygen atoms in total. The van der Waals surface area contributed by atoms with Gasteiger partial charge in [0.25, 0.3) is 0 Å². The summed E-state index contributed by atoms with van der Waals surface area (Å²) in [5.41, 5.74) is 2.62. The highest BCUT2D eigenvalue weighted by Crippen LogP contribution is 2.55. The first kappa shape index (κ1) is 27.4. The standard InChI is InChI=1S/C29H36BrNO6/c1-7-8-37-27-17(30)9-16(10-22(27)36-6)24-25-18(11-28(2,3)13-20(25)32)31(15-23(34)35)19-12-29(4,5)14-21(33)26(19)24/h9-10,24H,7-8,11-15H2,1-6H3,(H,34,35). The summed E-state index contributed by atoms with van der Waals surface area (Å²) < 4.78 is 12.3. The van der Waals surface area contributed by atoms with Crippen molar-refractivity contribution in [3.8, 4) is 11.5 Å². The molecule has 0 bridgehead atoms. The number of carboxylic acid groups (broad SMARTS) is 1. The molecular formula is C29H36BrNO6. The second-order valence-corrected chi connectivity index (χ2v) is 12.8. The quantitative estimate of drug-likeness (QED) is 0.426. The maximum Gasteiger partial charge on any atom is 0.323 e. The fourth-order valence-corrected chi connectivity index (χ4v) is 6.53. The van der Waals surface area contributed by atoms with Crippen molar-refractivity contribution in [3.05, 3.63) is 44.7 Å². The van der Waals surface area contributed by atoms with Crippen molar-refractivity contribution in [1.82, 2.24) is 4.90 Å². The summed E-state index contributed by atoms with van der Waals surface area (Å²) in [5.74, 6) is -0.581. The van der Waals surface area contributed by atoms with Gasteiger partial charge < -0.3 is 19.5 Å². The van der Waals surface area contributed by atoms with Crippen LogP contribution in [0.4, 0.5) is 0 Å². The zero-order valence-electron chi connectivity index (χ0n) is 22.5. The Morgan fingerprint density at radius 2 is 1.57 bits per heavy atom. The summed E-state index contributed by atoms with van der Waals surface area (Å²) >= 11 is 3.63. The number of halogens is 1. The number of methoxy groups -OCH3 is 1. The number of hydrogen-bond donors (Lipinski definition) is 1. The van der Waals surface area contributed by atoms with Crippen LogP contribution in [0, 0.1) is 10.8 Å². The van der Waals surface area contributed by atoms with Crippen molar-refractivity contribution in [1.29, 1.82) is 0 Å². The summed E-state index contributed by atoms with van der Waals surface area (Å²) in [7, 11) is 1.57. The average Bonchev–Trinajstić information content (AvgIpc) is 2.77. The maximum atomic E-state index is 13.8. The second kappa shape index (κ2) is 9.93. The van der Waals surface area contributed by atoms with Crippen LogP contribution in [-0.2, 0) is 14.4 Å². The smallest absolute Gasteiger partial charge is 0.323 e. The van der Waals surface area contributed by atoms with Crippen molar-refractivity contribution >= 4 is 33.5 Å². The van der Waals surface area contributed by atoms with Crippen LogP contribution in [0.15, 0.2) is 39.1 Å². The van der Waals surface area contributed by atoms with Crippen molar-refractivity contribution in [2.75, 3.05) is 20.3 Å². The molecule has 0 unspecified atom stereocenters. The van der Waals surface area contributed by atoms with Crippen LogP contribution in [-0.4, -0.2) is 47.8 Å². The highest BCUT2D eigenvalue weighted by Gasteiger charge is 2.49. The van der Waals surface area contributed by atoms with E-state index in [9.17, 15) is 19.5 Å². The second-order valence-electron chi connectivity index (χ2n) is 11.9. The number of benzene rings is 1. The third-order valence-electron chi connectivity index (χ3n) is 7.35. The number of nitrogens with zero attached hydrogens (tertiary/aromatic N) is 1. The molecule has 0 saturated carbocycles. The predicted octanol–water partition coefficient (Wildman–Crippen LogP) is 6.02. The first-order valence-corrected chi connectivity index (χ1v) is 13.6. The molecule has 200 valence electrons. The molecule has 1 aromatic rings. The van der Waals surface area contributed by atoms with E-state index in [1.165, 1.54) is 0 Å². The third-order valence-corrected chi connectivity index (χ3v) is 7.94. The lowest BCUT2D eigenvalue weighted by Gasteiger charge is -2.48. The van der Waals surface area contributed by atoms with Crippen LogP contribution in [0.2, 0.25) is 0 Å². The summed E-state index contributed by atoms with van der Waals surface area (Å²) in [5, 5.41) is 9.83. The van der Waals surface area contributed by atoms with Gasteiger partial charge in [-0.2, -0.15) is 0 Å².